The van der Waals surface area contributed by atoms with Gasteiger partial charge in [-0.05, 0) is 18.9 Å². The summed E-state index contributed by atoms with van der Waals surface area (Å²) in [6.45, 7) is 1.04. The molecule has 0 bridgehead atoms. The van der Waals surface area contributed by atoms with Gasteiger partial charge >= 0.3 is 5.97 Å². The molecule has 2 heterocycles. The number of carbonyl (C=O) groups excluding carboxylic acids is 1. The Morgan fingerprint density at radius 3 is 3.00 bits per heavy atom. The van der Waals surface area contributed by atoms with Crippen molar-refractivity contribution in [3.8, 4) is 0 Å². The van der Waals surface area contributed by atoms with Gasteiger partial charge in [0.05, 0.1) is 0 Å². The molecule has 0 unspecified atom stereocenters. The van der Waals surface area contributed by atoms with Crippen LogP contribution in [0, 0.1) is 0 Å². The molecule has 1 aromatic heterocycles. The van der Waals surface area contributed by atoms with Crippen LogP contribution in [0.25, 0.3) is 0 Å². The average molecular weight is 234 g/mol. The first-order chi connectivity index (χ1) is 8.18. The van der Waals surface area contributed by atoms with Crippen molar-refractivity contribution in [1.82, 2.24) is 9.88 Å². The number of likely N-dealkylation sites (tertiary alicyclic amines) is 1. The number of aromatic carboxylic acids is 1. The fourth-order valence-corrected chi connectivity index (χ4v) is 1.99. The Hall–Kier alpha value is -1.91. The molecule has 5 heteroatoms. The summed E-state index contributed by atoms with van der Waals surface area (Å²) < 4.78 is 0. The van der Waals surface area contributed by atoms with Crippen LogP contribution in [0.5, 0.6) is 0 Å². The Labute approximate surface area is 99.1 Å². The lowest BCUT2D eigenvalue weighted by Crippen LogP contribution is -2.35. The molecule has 1 aromatic rings. The normalized spacial score (nSPS) is 16.0. The lowest BCUT2D eigenvalue weighted by molar-refractivity contribution is -0.133. The molecular weight excluding hydrogens is 220 g/mol. The second kappa shape index (κ2) is 4.95. The minimum absolute atomic E-state index is 0.0332. The molecule has 0 radical (unpaired) electrons. The van der Waals surface area contributed by atoms with Crippen LogP contribution in [0.3, 0.4) is 0 Å². The molecule has 90 valence electrons. The van der Waals surface area contributed by atoms with E-state index < -0.39 is 5.97 Å². The summed E-state index contributed by atoms with van der Waals surface area (Å²) >= 11 is 0. The van der Waals surface area contributed by atoms with E-state index in [4.69, 9.17) is 5.11 Å². The second-order valence-corrected chi connectivity index (χ2v) is 4.09. The van der Waals surface area contributed by atoms with Crippen LogP contribution in [-0.2, 0) is 11.3 Å². The number of aromatic nitrogens is 1. The standard InChI is InChI=1S/C12H14N2O3/c15-10-5-1-2-7-14(10)8-9-4-3-6-13-11(9)12(16)17/h3-4,6H,1-2,5,7-8H2,(H,16,17). The highest BCUT2D eigenvalue weighted by Crippen LogP contribution is 2.15. The zero-order valence-electron chi connectivity index (χ0n) is 9.43. The number of pyridine rings is 1. The quantitative estimate of drug-likeness (QED) is 0.855. The summed E-state index contributed by atoms with van der Waals surface area (Å²) in [7, 11) is 0. The molecule has 2 rings (SSSR count). The minimum Gasteiger partial charge on any atom is -0.477 e. The minimum atomic E-state index is -1.05. The monoisotopic (exact) mass is 234 g/mol. The first kappa shape index (κ1) is 11.6. The summed E-state index contributed by atoms with van der Waals surface area (Å²) in [6.07, 6.45) is 3.91. The van der Waals surface area contributed by atoms with E-state index in [0.717, 1.165) is 12.8 Å². The van der Waals surface area contributed by atoms with E-state index >= 15 is 0 Å². The smallest absolute Gasteiger partial charge is 0.354 e. The molecule has 1 fully saturated rings. The summed E-state index contributed by atoms with van der Waals surface area (Å²) in [5, 5.41) is 9.00. The number of carboxylic acid groups (broad SMARTS) is 1. The van der Waals surface area contributed by atoms with Crippen LogP contribution in [-0.4, -0.2) is 33.4 Å². The van der Waals surface area contributed by atoms with Crippen molar-refractivity contribution in [1.29, 1.82) is 0 Å². The molecule has 1 amide bonds. The molecule has 0 atom stereocenters. The zero-order valence-corrected chi connectivity index (χ0v) is 9.43. The van der Waals surface area contributed by atoms with Gasteiger partial charge in [-0.1, -0.05) is 6.07 Å². The van der Waals surface area contributed by atoms with Crippen molar-refractivity contribution in [3.05, 3.63) is 29.6 Å². The lowest BCUT2D eigenvalue weighted by atomic mass is 10.1. The van der Waals surface area contributed by atoms with Gasteiger partial charge in [-0.15, -0.1) is 0 Å². The number of amides is 1. The molecule has 1 saturated heterocycles. The highest BCUT2D eigenvalue weighted by atomic mass is 16.4. The van der Waals surface area contributed by atoms with Gasteiger partial charge in [0, 0.05) is 31.3 Å². The van der Waals surface area contributed by atoms with Crippen molar-refractivity contribution in [2.75, 3.05) is 6.54 Å². The molecule has 1 aliphatic heterocycles. The molecule has 1 N–H and O–H groups in total. The van der Waals surface area contributed by atoms with E-state index in [1.54, 1.807) is 17.0 Å². The number of piperidine rings is 1. The molecule has 0 saturated carbocycles. The third-order valence-corrected chi connectivity index (χ3v) is 2.88. The maximum atomic E-state index is 11.6. The van der Waals surface area contributed by atoms with Crippen LogP contribution in [0.15, 0.2) is 18.3 Å². The topological polar surface area (TPSA) is 70.5 Å². The molecule has 17 heavy (non-hydrogen) atoms. The Kier molecular flexibility index (Phi) is 3.37. The summed E-state index contributed by atoms with van der Waals surface area (Å²) in [5.74, 6) is -0.957. The lowest BCUT2D eigenvalue weighted by Gasteiger charge is -2.27. The Morgan fingerprint density at radius 1 is 1.47 bits per heavy atom. The maximum Gasteiger partial charge on any atom is 0.354 e. The van der Waals surface area contributed by atoms with E-state index in [0.29, 0.717) is 25.1 Å². The van der Waals surface area contributed by atoms with Crippen LogP contribution >= 0.6 is 0 Å². The Bertz CT molecular complexity index is 445. The van der Waals surface area contributed by atoms with Crippen LogP contribution in [0.2, 0.25) is 0 Å². The van der Waals surface area contributed by atoms with Gasteiger partial charge in [0.15, 0.2) is 5.69 Å². The number of hydrogen-bond acceptors (Lipinski definition) is 3. The predicted molar refractivity (Wildman–Crippen MR) is 60.5 cm³/mol. The SMILES string of the molecule is O=C(O)c1ncccc1CN1CCCCC1=O. The second-order valence-electron chi connectivity index (χ2n) is 4.09. The van der Waals surface area contributed by atoms with Crippen molar-refractivity contribution in [3.63, 3.8) is 0 Å². The maximum absolute atomic E-state index is 11.6. The molecule has 5 nitrogen and oxygen atoms in total. The first-order valence-corrected chi connectivity index (χ1v) is 5.63. The third-order valence-electron chi connectivity index (χ3n) is 2.88. The highest BCUT2D eigenvalue weighted by Gasteiger charge is 2.20. The van der Waals surface area contributed by atoms with Gasteiger partial charge in [0.2, 0.25) is 5.91 Å². The molecule has 1 aliphatic rings. The van der Waals surface area contributed by atoms with E-state index in [1.165, 1.54) is 6.20 Å². The van der Waals surface area contributed by atoms with Crippen molar-refractivity contribution in [2.24, 2.45) is 0 Å². The number of rotatable bonds is 3. The van der Waals surface area contributed by atoms with Gasteiger partial charge in [-0.2, -0.15) is 0 Å². The van der Waals surface area contributed by atoms with Crippen LogP contribution in [0.4, 0.5) is 0 Å². The summed E-state index contributed by atoms with van der Waals surface area (Å²) in [5.41, 5.74) is 0.626. The highest BCUT2D eigenvalue weighted by molar-refractivity contribution is 5.87. The zero-order chi connectivity index (χ0) is 12.3. The predicted octanol–water partition coefficient (Wildman–Crippen LogP) is 1.29. The van der Waals surface area contributed by atoms with E-state index in [9.17, 15) is 9.59 Å². The van der Waals surface area contributed by atoms with Gasteiger partial charge in [-0.25, -0.2) is 9.78 Å². The molecule has 0 aliphatic carbocycles. The number of carboxylic acids is 1. The van der Waals surface area contributed by atoms with Gasteiger partial charge in [0.1, 0.15) is 0 Å². The Morgan fingerprint density at radius 2 is 2.29 bits per heavy atom. The van der Waals surface area contributed by atoms with Crippen LogP contribution < -0.4 is 0 Å². The van der Waals surface area contributed by atoms with Crippen molar-refractivity contribution < 1.29 is 14.7 Å². The number of nitrogens with zero attached hydrogens (tertiary/aromatic N) is 2. The van der Waals surface area contributed by atoms with Gasteiger partial charge < -0.3 is 10.0 Å². The third kappa shape index (κ3) is 2.61. The van der Waals surface area contributed by atoms with E-state index in [2.05, 4.69) is 4.98 Å². The van der Waals surface area contributed by atoms with Crippen molar-refractivity contribution >= 4 is 11.9 Å². The Balaban J connectivity index is 2.17. The average Bonchev–Trinajstić information content (AvgIpc) is 2.32. The molecular formula is C12H14N2O3. The fraction of sp³-hybridized carbons (Fsp3) is 0.417. The van der Waals surface area contributed by atoms with Crippen LogP contribution in [0.1, 0.15) is 35.3 Å². The molecule has 0 spiro atoms. The summed E-state index contributed by atoms with van der Waals surface area (Å²) in [4.78, 5) is 28.1. The van der Waals surface area contributed by atoms with E-state index in [-0.39, 0.29) is 11.6 Å². The fourth-order valence-electron chi connectivity index (χ4n) is 1.99. The van der Waals surface area contributed by atoms with Gasteiger partial charge in [-0.3, -0.25) is 4.79 Å². The van der Waals surface area contributed by atoms with Gasteiger partial charge in [0.25, 0.3) is 0 Å². The largest absolute Gasteiger partial charge is 0.477 e. The first-order valence-electron chi connectivity index (χ1n) is 5.63. The summed E-state index contributed by atoms with van der Waals surface area (Å²) in [6, 6.07) is 3.40. The molecule has 0 aromatic carbocycles. The number of carbonyl (C=O) groups is 2. The number of hydrogen-bond donors (Lipinski definition) is 1. The van der Waals surface area contributed by atoms with Crippen molar-refractivity contribution in [2.45, 2.75) is 25.8 Å². The van der Waals surface area contributed by atoms with E-state index in [1.807, 2.05) is 0 Å².